The Morgan fingerprint density at radius 3 is 2.58 bits per heavy atom. The van der Waals surface area contributed by atoms with Gasteiger partial charge in [0.05, 0.1) is 11.5 Å². The third-order valence-corrected chi connectivity index (χ3v) is 2.87. The van der Waals surface area contributed by atoms with Gasteiger partial charge in [0.15, 0.2) is 5.75 Å². The number of nitro groups is 1. The highest BCUT2D eigenvalue weighted by molar-refractivity contribution is 5.46. The van der Waals surface area contributed by atoms with Crippen LogP contribution >= 0.6 is 0 Å². The fraction of sp³-hybridized carbons (Fsp3) is 0.571. The van der Waals surface area contributed by atoms with Crippen LogP contribution < -0.4 is 4.74 Å². The van der Waals surface area contributed by atoms with Gasteiger partial charge < -0.3 is 4.74 Å². The normalized spacial score (nSPS) is 10.4. The van der Waals surface area contributed by atoms with Crippen molar-refractivity contribution < 1.29 is 14.1 Å². The summed E-state index contributed by atoms with van der Waals surface area (Å²) in [6.07, 6.45) is 6.64. The zero-order valence-corrected chi connectivity index (χ0v) is 11.2. The molecule has 0 fully saturated rings. The largest absolute Gasteiger partial charge is 0.487 e. The second-order valence-electron chi connectivity index (χ2n) is 4.49. The van der Waals surface area contributed by atoms with Crippen LogP contribution in [0.25, 0.3) is 0 Å². The van der Waals surface area contributed by atoms with Crippen molar-refractivity contribution in [2.24, 2.45) is 0 Å². The molecular weight excluding hydrogens is 249 g/mol. The van der Waals surface area contributed by atoms with Crippen LogP contribution in [-0.4, -0.2) is 11.5 Å². The molecule has 0 bridgehead atoms. The Morgan fingerprint density at radius 2 is 1.89 bits per heavy atom. The lowest BCUT2D eigenvalue weighted by Crippen LogP contribution is -2.01. The Labute approximate surface area is 112 Å². The number of benzene rings is 1. The molecule has 1 rings (SSSR count). The highest BCUT2D eigenvalue weighted by Gasteiger charge is 2.15. The molecule has 0 aliphatic carbocycles. The molecule has 19 heavy (non-hydrogen) atoms. The smallest absolute Gasteiger partial charge is 0.311 e. The van der Waals surface area contributed by atoms with Crippen molar-refractivity contribution >= 4 is 5.69 Å². The number of unbranched alkanes of at least 4 members (excludes halogenated alkanes) is 5. The van der Waals surface area contributed by atoms with E-state index in [9.17, 15) is 14.5 Å². The van der Waals surface area contributed by atoms with Crippen molar-refractivity contribution in [3.63, 3.8) is 0 Å². The quantitative estimate of drug-likeness (QED) is 0.377. The molecule has 0 aliphatic heterocycles. The molecule has 4 nitrogen and oxygen atoms in total. The van der Waals surface area contributed by atoms with Gasteiger partial charge in [-0.3, -0.25) is 10.1 Å². The summed E-state index contributed by atoms with van der Waals surface area (Å²) in [5.74, 6) is -0.512. The Bertz CT molecular complexity index is 410. The van der Waals surface area contributed by atoms with Crippen LogP contribution in [0.15, 0.2) is 18.2 Å². The highest BCUT2D eigenvalue weighted by Crippen LogP contribution is 2.27. The van der Waals surface area contributed by atoms with Gasteiger partial charge in [-0.1, -0.05) is 39.0 Å². The third kappa shape index (κ3) is 5.68. The van der Waals surface area contributed by atoms with E-state index >= 15 is 0 Å². The van der Waals surface area contributed by atoms with Crippen molar-refractivity contribution in [2.45, 2.75) is 45.4 Å². The molecule has 0 saturated carbocycles. The molecule has 0 atom stereocenters. The van der Waals surface area contributed by atoms with E-state index in [1.165, 1.54) is 19.3 Å². The van der Waals surface area contributed by atoms with Gasteiger partial charge in [-0.15, -0.1) is 0 Å². The summed E-state index contributed by atoms with van der Waals surface area (Å²) in [6.45, 7) is 2.54. The number of ether oxygens (including phenoxy) is 1. The molecule has 106 valence electrons. The summed E-state index contributed by atoms with van der Waals surface area (Å²) in [5.41, 5.74) is -0.188. The van der Waals surface area contributed by atoms with Crippen molar-refractivity contribution in [3.05, 3.63) is 34.1 Å². The number of rotatable bonds is 9. The predicted molar refractivity (Wildman–Crippen MR) is 71.9 cm³/mol. The fourth-order valence-electron chi connectivity index (χ4n) is 1.82. The van der Waals surface area contributed by atoms with Gasteiger partial charge >= 0.3 is 5.69 Å². The van der Waals surface area contributed by atoms with E-state index in [0.29, 0.717) is 6.61 Å². The number of nitro benzene ring substituents is 1. The molecule has 0 heterocycles. The number of hydrogen-bond acceptors (Lipinski definition) is 3. The Kier molecular flexibility index (Phi) is 6.85. The van der Waals surface area contributed by atoms with Gasteiger partial charge in [-0.05, 0) is 12.5 Å². The van der Waals surface area contributed by atoms with Gasteiger partial charge in [0.1, 0.15) is 5.82 Å². The van der Waals surface area contributed by atoms with E-state index < -0.39 is 10.7 Å². The average molecular weight is 269 g/mol. The molecule has 1 aromatic carbocycles. The minimum Gasteiger partial charge on any atom is -0.487 e. The monoisotopic (exact) mass is 269 g/mol. The van der Waals surface area contributed by atoms with E-state index in [1.807, 2.05) is 0 Å². The van der Waals surface area contributed by atoms with Gasteiger partial charge in [0.25, 0.3) is 0 Å². The third-order valence-electron chi connectivity index (χ3n) is 2.87. The number of nitrogens with zero attached hydrogens (tertiary/aromatic N) is 1. The lowest BCUT2D eigenvalue weighted by molar-refractivity contribution is -0.385. The van der Waals surface area contributed by atoms with Crippen molar-refractivity contribution in [1.29, 1.82) is 0 Å². The van der Waals surface area contributed by atoms with Crippen LogP contribution in [0.1, 0.15) is 45.4 Å². The minimum atomic E-state index is -0.560. The Morgan fingerprint density at radius 1 is 1.21 bits per heavy atom. The molecule has 0 aliphatic rings. The summed E-state index contributed by atoms with van der Waals surface area (Å²) in [5, 5.41) is 10.7. The summed E-state index contributed by atoms with van der Waals surface area (Å²) in [6, 6.07) is 3.26. The summed E-state index contributed by atoms with van der Waals surface area (Å²) >= 11 is 0. The second kappa shape index (κ2) is 8.45. The first-order valence-corrected chi connectivity index (χ1v) is 6.72. The van der Waals surface area contributed by atoms with Crippen LogP contribution in [0.2, 0.25) is 0 Å². The van der Waals surface area contributed by atoms with Crippen LogP contribution in [0.5, 0.6) is 5.75 Å². The first-order chi connectivity index (χ1) is 9.15. The minimum absolute atomic E-state index is 0.0126. The zero-order valence-electron chi connectivity index (χ0n) is 11.2. The van der Waals surface area contributed by atoms with E-state index in [4.69, 9.17) is 4.74 Å². The van der Waals surface area contributed by atoms with Crippen LogP contribution in [-0.2, 0) is 0 Å². The maximum Gasteiger partial charge on any atom is 0.311 e. The molecule has 0 amide bonds. The average Bonchev–Trinajstić information content (AvgIpc) is 2.37. The van der Waals surface area contributed by atoms with E-state index in [0.717, 1.165) is 37.5 Å². The van der Waals surface area contributed by atoms with Gasteiger partial charge in [-0.2, -0.15) is 0 Å². The maximum absolute atomic E-state index is 13.0. The number of halogens is 1. The molecule has 1 aromatic rings. The van der Waals surface area contributed by atoms with E-state index in [-0.39, 0.29) is 11.4 Å². The van der Waals surface area contributed by atoms with E-state index in [1.54, 1.807) is 0 Å². The van der Waals surface area contributed by atoms with E-state index in [2.05, 4.69) is 6.92 Å². The first-order valence-electron chi connectivity index (χ1n) is 6.72. The lowest BCUT2D eigenvalue weighted by atomic mass is 10.1. The van der Waals surface area contributed by atoms with Gasteiger partial charge in [0, 0.05) is 12.1 Å². The molecular formula is C14H20FNO3. The fourth-order valence-corrected chi connectivity index (χ4v) is 1.82. The Hall–Kier alpha value is -1.65. The standard InChI is InChI=1S/C14H20FNO3/c1-2-3-4-5-6-7-10-19-14-11-12(15)8-9-13(14)16(17)18/h8-9,11H,2-7,10H2,1H3. The first kappa shape index (κ1) is 15.4. The summed E-state index contributed by atoms with van der Waals surface area (Å²) in [4.78, 5) is 10.2. The lowest BCUT2D eigenvalue weighted by Gasteiger charge is -2.06. The summed E-state index contributed by atoms with van der Waals surface area (Å²) < 4.78 is 18.3. The number of hydrogen-bond donors (Lipinski definition) is 0. The molecule has 0 saturated heterocycles. The van der Waals surface area contributed by atoms with Gasteiger partial charge in [0.2, 0.25) is 0 Å². The topological polar surface area (TPSA) is 52.4 Å². The predicted octanol–water partition coefficient (Wildman–Crippen LogP) is 4.47. The van der Waals surface area contributed by atoms with Crippen LogP contribution in [0.3, 0.4) is 0 Å². The van der Waals surface area contributed by atoms with Crippen molar-refractivity contribution in [1.82, 2.24) is 0 Å². The SMILES string of the molecule is CCCCCCCCOc1cc(F)ccc1[N+](=O)[O-]. The molecule has 5 heteroatoms. The molecule has 0 aromatic heterocycles. The summed E-state index contributed by atoms with van der Waals surface area (Å²) in [7, 11) is 0. The van der Waals surface area contributed by atoms with Crippen molar-refractivity contribution in [3.8, 4) is 5.75 Å². The van der Waals surface area contributed by atoms with Gasteiger partial charge in [-0.25, -0.2) is 4.39 Å². The molecule has 0 N–H and O–H groups in total. The zero-order chi connectivity index (χ0) is 14.1. The maximum atomic E-state index is 13.0. The van der Waals surface area contributed by atoms with Crippen molar-refractivity contribution in [2.75, 3.05) is 6.61 Å². The van der Waals surface area contributed by atoms with Crippen LogP contribution in [0, 0.1) is 15.9 Å². The highest BCUT2D eigenvalue weighted by atomic mass is 19.1. The van der Waals surface area contributed by atoms with Crippen LogP contribution in [0.4, 0.5) is 10.1 Å². The molecule has 0 unspecified atom stereocenters. The Balaban J connectivity index is 2.36. The molecule has 0 radical (unpaired) electrons. The molecule has 0 spiro atoms. The second-order valence-corrected chi connectivity index (χ2v) is 4.49.